The smallest absolute Gasteiger partial charge is 0.0729 e. The van der Waals surface area contributed by atoms with Crippen LogP contribution in [-0.2, 0) is 4.74 Å². The highest BCUT2D eigenvalue weighted by molar-refractivity contribution is 7.08. The summed E-state index contributed by atoms with van der Waals surface area (Å²) in [5.74, 6) is 0. The molecule has 1 aliphatic rings. The van der Waals surface area contributed by atoms with Crippen LogP contribution in [0.5, 0.6) is 0 Å². The van der Waals surface area contributed by atoms with Crippen molar-refractivity contribution in [2.24, 2.45) is 0 Å². The van der Waals surface area contributed by atoms with E-state index in [0.717, 1.165) is 13.2 Å². The quantitative estimate of drug-likeness (QED) is 0.699. The van der Waals surface area contributed by atoms with Gasteiger partial charge in [-0.25, -0.2) is 0 Å². The van der Waals surface area contributed by atoms with Gasteiger partial charge in [0.05, 0.1) is 19.3 Å². The summed E-state index contributed by atoms with van der Waals surface area (Å²) in [5, 5.41) is 7.52. The van der Waals surface area contributed by atoms with E-state index >= 15 is 0 Å². The molecule has 0 unspecified atom stereocenters. The summed E-state index contributed by atoms with van der Waals surface area (Å²) in [4.78, 5) is 0. The lowest BCUT2D eigenvalue weighted by atomic mass is 10.2. The molecule has 1 aromatic heterocycles. The molecule has 0 bridgehead atoms. The first-order valence-corrected chi connectivity index (χ1v) is 4.26. The molecule has 0 saturated carbocycles. The second kappa shape index (κ2) is 2.60. The molecule has 1 aromatic rings. The number of hydrogen-bond acceptors (Lipinski definition) is 3. The van der Waals surface area contributed by atoms with Crippen LogP contribution in [0.1, 0.15) is 0 Å². The number of thiophene rings is 1. The van der Waals surface area contributed by atoms with Crippen LogP contribution in [0.25, 0.3) is 0 Å². The van der Waals surface area contributed by atoms with Crippen molar-refractivity contribution in [2.45, 2.75) is 6.04 Å². The van der Waals surface area contributed by atoms with E-state index < -0.39 is 0 Å². The predicted molar refractivity (Wildman–Crippen MR) is 42.5 cm³/mol. The Morgan fingerprint density at radius 2 is 2.50 bits per heavy atom. The van der Waals surface area contributed by atoms with Gasteiger partial charge in [0.2, 0.25) is 0 Å². The van der Waals surface area contributed by atoms with E-state index in [2.05, 4.69) is 22.1 Å². The first kappa shape index (κ1) is 6.19. The molecule has 2 rings (SSSR count). The van der Waals surface area contributed by atoms with Crippen LogP contribution in [0.4, 0.5) is 5.69 Å². The topological polar surface area (TPSA) is 21.3 Å². The molecule has 1 fully saturated rings. The molecule has 0 aromatic carbocycles. The molecule has 0 atom stereocenters. The highest BCUT2D eigenvalue weighted by Crippen LogP contribution is 2.15. The van der Waals surface area contributed by atoms with Crippen molar-refractivity contribution in [3.63, 3.8) is 0 Å². The SMILES string of the molecule is c1cc(NC2COC2)cs1. The van der Waals surface area contributed by atoms with E-state index in [-0.39, 0.29) is 0 Å². The van der Waals surface area contributed by atoms with Gasteiger partial charge < -0.3 is 10.1 Å². The van der Waals surface area contributed by atoms with Crippen molar-refractivity contribution < 1.29 is 4.74 Å². The third-order valence-electron chi connectivity index (χ3n) is 1.53. The number of nitrogens with one attached hydrogen (secondary N) is 1. The van der Waals surface area contributed by atoms with Gasteiger partial charge in [-0.2, -0.15) is 11.3 Å². The highest BCUT2D eigenvalue weighted by atomic mass is 32.1. The highest BCUT2D eigenvalue weighted by Gasteiger charge is 2.17. The second-order valence-corrected chi connectivity index (χ2v) is 3.17. The number of ether oxygens (including phenoxy) is 1. The summed E-state index contributed by atoms with van der Waals surface area (Å²) < 4.78 is 5.02. The van der Waals surface area contributed by atoms with Gasteiger partial charge in [-0.05, 0) is 11.4 Å². The summed E-state index contributed by atoms with van der Waals surface area (Å²) in [5.41, 5.74) is 1.22. The minimum Gasteiger partial charge on any atom is -0.377 e. The summed E-state index contributed by atoms with van der Waals surface area (Å²) >= 11 is 1.71. The van der Waals surface area contributed by atoms with Crippen LogP contribution in [0.2, 0.25) is 0 Å². The second-order valence-electron chi connectivity index (χ2n) is 2.39. The predicted octanol–water partition coefficient (Wildman–Crippen LogP) is 1.56. The molecule has 10 heavy (non-hydrogen) atoms. The molecular weight excluding hydrogens is 146 g/mol. The van der Waals surface area contributed by atoms with Crippen LogP contribution in [0, 0.1) is 0 Å². The molecule has 0 amide bonds. The zero-order valence-corrected chi connectivity index (χ0v) is 6.36. The van der Waals surface area contributed by atoms with Crippen LogP contribution in [-0.4, -0.2) is 19.3 Å². The van der Waals surface area contributed by atoms with E-state index in [1.165, 1.54) is 5.69 Å². The van der Waals surface area contributed by atoms with Gasteiger partial charge in [0, 0.05) is 11.1 Å². The van der Waals surface area contributed by atoms with Crippen LogP contribution in [0.15, 0.2) is 16.8 Å². The Morgan fingerprint density at radius 3 is 3.00 bits per heavy atom. The van der Waals surface area contributed by atoms with E-state index in [1.807, 2.05) is 0 Å². The van der Waals surface area contributed by atoms with Crippen LogP contribution in [0.3, 0.4) is 0 Å². The molecular formula is C7H9NOS. The monoisotopic (exact) mass is 155 g/mol. The number of hydrogen-bond donors (Lipinski definition) is 1. The minimum absolute atomic E-state index is 0.551. The maximum absolute atomic E-state index is 5.02. The van der Waals surface area contributed by atoms with Gasteiger partial charge in [0.25, 0.3) is 0 Å². The zero-order valence-electron chi connectivity index (χ0n) is 5.54. The third-order valence-corrected chi connectivity index (χ3v) is 2.21. The van der Waals surface area contributed by atoms with Gasteiger partial charge in [-0.1, -0.05) is 0 Å². The van der Waals surface area contributed by atoms with E-state index in [0.29, 0.717) is 6.04 Å². The lowest BCUT2D eigenvalue weighted by Crippen LogP contribution is -2.40. The maximum Gasteiger partial charge on any atom is 0.0729 e. The van der Waals surface area contributed by atoms with Crippen LogP contribution >= 0.6 is 11.3 Å². The van der Waals surface area contributed by atoms with Gasteiger partial charge in [-0.3, -0.25) is 0 Å². The van der Waals surface area contributed by atoms with E-state index in [9.17, 15) is 0 Å². The first-order chi connectivity index (χ1) is 4.95. The van der Waals surface area contributed by atoms with Gasteiger partial charge in [0.15, 0.2) is 0 Å². The number of rotatable bonds is 2. The Labute approximate surface area is 63.8 Å². The standard InChI is InChI=1S/C7H9NOS/c1-2-10-5-6(1)8-7-3-9-4-7/h1-2,5,7-8H,3-4H2. The molecule has 2 nitrogen and oxygen atoms in total. The Balaban J connectivity index is 1.90. The van der Waals surface area contributed by atoms with E-state index in [1.54, 1.807) is 11.3 Å². The Bertz CT molecular complexity index is 193. The Kier molecular flexibility index (Phi) is 1.61. The fraction of sp³-hybridized carbons (Fsp3) is 0.429. The molecule has 2 heterocycles. The largest absolute Gasteiger partial charge is 0.377 e. The summed E-state index contributed by atoms with van der Waals surface area (Å²) in [7, 11) is 0. The van der Waals surface area contributed by atoms with Gasteiger partial charge in [-0.15, -0.1) is 0 Å². The Morgan fingerprint density at radius 1 is 1.60 bits per heavy atom. The molecule has 0 aliphatic carbocycles. The minimum atomic E-state index is 0.551. The zero-order chi connectivity index (χ0) is 6.81. The van der Waals surface area contributed by atoms with Crippen molar-refractivity contribution in [2.75, 3.05) is 18.5 Å². The maximum atomic E-state index is 5.02. The molecule has 1 aliphatic heterocycles. The van der Waals surface area contributed by atoms with Crippen molar-refractivity contribution in [1.82, 2.24) is 0 Å². The summed E-state index contributed by atoms with van der Waals surface area (Å²) in [6, 6.07) is 2.64. The fourth-order valence-electron chi connectivity index (χ4n) is 0.901. The average Bonchev–Trinajstić information content (AvgIpc) is 2.29. The third kappa shape index (κ3) is 1.15. The van der Waals surface area contributed by atoms with Gasteiger partial charge >= 0.3 is 0 Å². The van der Waals surface area contributed by atoms with Crippen molar-refractivity contribution >= 4 is 17.0 Å². The van der Waals surface area contributed by atoms with E-state index in [4.69, 9.17) is 4.74 Å². The van der Waals surface area contributed by atoms with Gasteiger partial charge in [0.1, 0.15) is 0 Å². The van der Waals surface area contributed by atoms with Crippen molar-refractivity contribution in [1.29, 1.82) is 0 Å². The number of anilines is 1. The molecule has 3 heteroatoms. The Hall–Kier alpha value is -0.540. The van der Waals surface area contributed by atoms with Crippen molar-refractivity contribution in [3.05, 3.63) is 16.8 Å². The first-order valence-electron chi connectivity index (χ1n) is 3.31. The fourth-order valence-corrected chi connectivity index (χ4v) is 1.50. The molecule has 1 saturated heterocycles. The molecule has 1 N–H and O–H groups in total. The summed E-state index contributed by atoms with van der Waals surface area (Å²) in [6.07, 6.45) is 0. The lowest BCUT2D eigenvalue weighted by molar-refractivity contribution is 0.0211. The molecule has 0 radical (unpaired) electrons. The molecule has 0 spiro atoms. The lowest BCUT2D eigenvalue weighted by Gasteiger charge is -2.27. The normalized spacial score (nSPS) is 18.4. The van der Waals surface area contributed by atoms with Crippen molar-refractivity contribution in [3.8, 4) is 0 Å². The summed E-state index contributed by atoms with van der Waals surface area (Å²) in [6.45, 7) is 1.71. The molecule has 54 valence electrons. The van der Waals surface area contributed by atoms with Crippen LogP contribution < -0.4 is 5.32 Å². The average molecular weight is 155 g/mol.